The van der Waals surface area contributed by atoms with Crippen LogP contribution in [0, 0.1) is 5.92 Å². The molecule has 20 heavy (non-hydrogen) atoms. The highest BCUT2D eigenvalue weighted by molar-refractivity contribution is 5.81. The number of para-hydroxylation sites is 1. The van der Waals surface area contributed by atoms with Crippen LogP contribution in [-0.2, 0) is 0 Å². The quantitative estimate of drug-likeness (QED) is 0.799. The number of rotatable bonds is 6. The normalized spacial score (nSPS) is 18.4. The molecular weight excluding hydrogens is 246 g/mol. The predicted octanol–water partition coefficient (Wildman–Crippen LogP) is 5.01. The van der Waals surface area contributed by atoms with Crippen molar-refractivity contribution >= 4 is 11.0 Å². The Morgan fingerprint density at radius 3 is 2.75 bits per heavy atom. The van der Waals surface area contributed by atoms with Gasteiger partial charge in [0.25, 0.3) is 0 Å². The number of furan rings is 1. The summed E-state index contributed by atoms with van der Waals surface area (Å²) in [6.45, 7) is 7.68. The molecule has 108 valence electrons. The molecule has 1 aliphatic rings. The van der Waals surface area contributed by atoms with Gasteiger partial charge in [-0.25, -0.2) is 0 Å². The van der Waals surface area contributed by atoms with E-state index < -0.39 is 0 Å². The maximum Gasteiger partial charge on any atom is 0.137 e. The van der Waals surface area contributed by atoms with E-state index in [4.69, 9.17) is 4.42 Å². The summed E-state index contributed by atoms with van der Waals surface area (Å²) in [4.78, 5) is 0. The van der Waals surface area contributed by atoms with Gasteiger partial charge in [0.15, 0.2) is 0 Å². The number of hydrogen-bond donors (Lipinski definition) is 1. The van der Waals surface area contributed by atoms with E-state index in [9.17, 15) is 0 Å². The van der Waals surface area contributed by atoms with E-state index >= 15 is 0 Å². The Labute approximate surface area is 121 Å². The fraction of sp³-hybridized carbons (Fsp3) is 0.556. The van der Waals surface area contributed by atoms with Gasteiger partial charge in [-0.3, -0.25) is 0 Å². The summed E-state index contributed by atoms with van der Waals surface area (Å²) in [5.41, 5.74) is 2.45. The van der Waals surface area contributed by atoms with Crippen molar-refractivity contribution in [3.63, 3.8) is 0 Å². The van der Waals surface area contributed by atoms with Crippen molar-refractivity contribution < 1.29 is 4.42 Å². The van der Waals surface area contributed by atoms with Gasteiger partial charge in [0, 0.05) is 5.39 Å². The maximum absolute atomic E-state index is 6.28. The minimum Gasteiger partial charge on any atom is -0.459 e. The molecule has 1 heterocycles. The zero-order chi connectivity index (χ0) is 14.1. The lowest BCUT2D eigenvalue weighted by molar-refractivity contribution is 0.402. The zero-order valence-electron chi connectivity index (χ0n) is 12.8. The molecule has 1 aromatic carbocycles. The average Bonchev–Trinajstić information content (AvgIpc) is 3.21. The molecule has 2 nitrogen and oxygen atoms in total. The summed E-state index contributed by atoms with van der Waals surface area (Å²) in [5, 5.41) is 4.84. The topological polar surface area (TPSA) is 25.2 Å². The summed E-state index contributed by atoms with van der Waals surface area (Å²) in [6, 6.07) is 9.18. The molecule has 1 saturated carbocycles. The van der Waals surface area contributed by atoms with Gasteiger partial charge in [-0.05, 0) is 49.3 Å². The lowest BCUT2D eigenvalue weighted by Crippen LogP contribution is -2.21. The number of hydrogen-bond acceptors (Lipinski definition) is 2. The average molecular weight is 271 g/mol. The Bertz CT molecular complexity index is 582. The van der Waals surface area contributed by atoms with Crippen LogP contribution >= 0.6 is 0 Å². The lowest BCUT2D eigenvalue weighted by atomic mass is 9.97. The molecule has 1 N–H and O–H groups in total. The summed E-state index contributed by atoms with van der Waals surface area (Å²) in [5.74, 6) is 2.44. The fourth-order valence-electron chi connectivity index (χ4n) is 3.02. The summed E-state index contributed by atoms with van der Waals surface area (Å²) in [6.07, 6.45) is 3.80. The zero-order valence-corrected chi connectivity index (χ0v) is 12.8. The number of fused-ring (bicyclic) bond motifs is 1. The van der Waals surface area contributed by atoms with Gasteiger partial charge in [0.05, 0.1) is 6.04 Å². The molecule has 0 bridgehead atoms. The highest BCUT2D eigenvalue weighted by Crippen LogP contribution is 2.43. The van der Waals surface area contributed by atoms with E-state index in [1.807, 2.05) is 0 Å². The largest absolute Gasteiger partial charge is 0.459 e. The molecule has 1 aliphatic carbocycles. The third-order valence-electron chi connectivity index (χ3n) is 4.56. The van der Waals surface area contributed by atoms with Gasteiger partial charge in [-0.2, -0.15) is 0 Å². The second-order valence-electron chi connectivity index (χ2n) is 6.10. The van der Waals surface area contributed by atoms with Crippen molar-refractivity contribution in [2.45, 2.75) is 52.0 Å². The van der Waals surface area contributed by atoms with Crippen molar-refractivity contribution in [1.29, 1.82) is 0 Å². The van der Waals surface area contributed by atoms with Gasteiger partial charge in [-0.15, -0.1) is 0 Å². The first-order valence-electron chi connectivity index (χ1n) is 8.00. The van der Waals surface area contributed by atoms with Crippen LogP contribution in [0.4, 0.5) is 0 Å². The highest BCUT2D eigenvalue weighted by atomic mass is 16.3. The fourth-order valence-corrected chi connectivity index (χ4v) is 3.02. The Morgan fingerprint density at radius 1 is 1.30 bits per heavy atom. The molecule has 3 rings (SSSR count). The van der Waals surface area contributed by atoms with Crippen LogP contribution in [-0.4, -0.2) is 6.54 Å². The molecule has 1 fully saturated rings. The van der Waals surface area contributed by atoms with Gasteiger partial charge in [0.1, 0.15) is 11.3 Å². The lowest BCUT2D eigenvalue weighted by Gasteiger charge is -2.14. The maximum atomic E-state index is 6.28. The van der Waals surface area contributed by atoms with Crippen LogP contribution in [0.5, 0.6) is 0 Å². The van der Waals surface area contributed by atoms with E-state index in [0.717, 1.165) is 30.2 Å². The third kappa shape index (κ3) is 2.49. The van der Waals surface area contributed by atoms with Crippen LogP contribution in [0.25, 0.3) is 11.0 Å². The van der Waals surface area contributed by atoms with Crippen molar-refractivity contribution in [3.05, 3.63) is 35.6 Å². The SMILES string of the molecule is CCNC(c1cc2cccc(C(C)CC)c2o1)C1CC1. The predicted molar refractivity (Wildman–Crippen MR) is 84.1 cm³/mol. The van der Waals surface area contributed by atoms with E-state index in [-0.39, 0.29) is 0 Å². The van der Waals surface area contributed by atoms with Crippen molar-refractivity contribution in [2.24, 2.45) is 5.92 Å². The standard InChI is InChI=1S/C18H25NO/c1-4-12(3)15-8-6-7-14-11-16(20-18(14)15)17(19-5-2)13-9-10-13/h6-8,11-13,17,19H,4-5,9-10H2,1-3H3. The molecule has 0 spiro atoms. The van der Waals surface area contributed by atoms with Crippen molar-refractivity contribution in [1.82, 2.24) is 5.32 Å². The van der Waals surface area contributed by atoms with Gasteiger partial charge in [-0.1, -0.05) is 39.0 Å². The second kappa shape index (κ2) is 5.61. The van der Waals surface area contributed by atoms with E-state index in [1.54, 1.807) is 0 Å². The third-order valence-corrected chi connectivity index (χ3v) is 4.56. The second-order valence-corrected chi connectivity index (χ2v) is 6.10. The minimum absolute atomic E-state index is 0.400. The first kappa shape index (κ1) is 13.7. The summed E-state index contributed by atoms with van der Waals surface area (Å²) in [7, 11) is 0. The van der Waals surface area contributed by atoms with Crippen LogP contribution in [0.2, 0.25) is 0 Å². The van der Waals surface area contributed by atoms with E-state index in [0.29, 0.717) is 12.0 Å². The van der Waals surface area contributed by atoms with Gasteiger partial charge >= 0.3 is 0 Å². The molecular formula is C18H25NO. The van der Waals surface area contributed by atoms with E-state index in [1.165, 1.54) is 23.8 Å². The molecule has 2 atom stereocenters. The van der Waals surface area contributed by atoms with Crippen molar-refractivity contribution in [2.75, 3.05) is 6.54 Å². The molecule has 2 unspecified atom stereocenters. The van der Waals surface area contributed by atoms with Crippen LogP contribution in [0.3, 0.4) is 0 Å². The summed E-state index contributed by atoms with van der Waals surface area (Å²) < 4.78 is 6.28. The van der Waals surface area contributed by atoms with Gasteiger partial charge in [0.2, 0.25) is 0 Å². The summed E-state index contributed by atoms with van der Waals surface area (Å²) >= 11 is 0. The monoisotopic (exact) mass is 271 g/mol. The first-order valence-corrected chi connectivity index (χ1v) is 8.00. The molecule has 0 amide bonds. The minimum atomic E-state index is 0.400. The molecule has 0 saturated heterocycles. The Balaban J connectivity index is 2.01. The molecule has 2 aromatic rings. The van der Waals surface area contributed by atoms with Crippen LogP contribution in [0.15, 0.2) is 28.7 Å². The number of benzene rings is 1. The molecule has 1 aromatic heterocycles. The van der Waals surface area contributed by atoms with Crippen molar-refractivity contribution in [3.8, 4) is 0 Å². The number of nitrogens with one attached hydrogen (secondary N) is 1. The van der Waals surface area contributed by atoms with Gasteiger partial charge < -0.3 is 9.73 Å². The Morgan fingerprint density at radius 2 is 2.10 bits per heavy atom. The molecule has 2 heteroatoms. The Hall–Kier alpha value is -1.28. The molecule has 0 aliphatic heterocycles. The van der Waals surface area contributed by atoms with E-state index in [2.05, 4.69) is 50.4 Å². The Kier molecular flexibility index (Phi) is 3.84. The smallest absolute Gasteiger partial charge is 0.137 e. The highest BCUT2D eigenvalue weighted by Gasteiger charge is 2.34. The van der Waals surface area contributed by atoms with Crippen LogP contribution < -0.4 is 5.32 Å². The molecule has 0 radical (unpaired) electrons. The van der Waals surface area contributed by atoms with Crippen LogP contribution in [0.1, 0.15) is 63.3 Å². The first-order chi connectivity index (χ1) is 9.74.